The first-order chi connectivity index (χ1) is 16.6. The Kier molecular flexibility index (Phi) is 10.7. The van der Waals surface area contributed by atoms with Crippen molar-refractivity contribution in [3.63, 3.8) is 0 Å². The number of hydrogen-bond acceptors (Lipinski definition) is 5. The summed E-state index contributed by atoms with van der Waals surface area (Å²) in [5.41, 5.74) is 2.83. The fourth-order valence-electron chi connectivity index (χ4n) is 3.71. The van der Waals surface area contributed by atoms with Gasteiger partial charge in [0.15, 0.2) is 0 Å². The van der Waals surface area contributed by atoms with E-state index in [1.54, 1.807) is 54.6 Å². The fraction of sp³-hybridized carbons (Fsp3) is 0.222. The number of sulfone groups is 1. The van der Waals surface area contributed by atoms with Gasteiger partial charge in [0.1, 0.15) is 0 Å². The van der Waals surface area contributed by atoms with Gasteiger partial charge < -0.3 is 15.5 Å². The monoisotopic (exact) mass is 549 g/mol. The molecule has 0 aliphatic carbocycles. The van der Waals surface area contributed by atoms with Crippen molar-refractivity contribution in [3.05, 3.63) is 100 Å². The van der Waals surface area contributed by atoms with Gasteiger partial charge in [0.2, 0.25) is 9.84 Å². The second-order valence-electron chi connectivity index (χ2n) is 8.44. The molecule has 0 saturated carbocycles. The van der Waals surface area contributed by atoms with Crippen LogP contribution in [0.5, 0.6) is 0 Å². The molecular formula is C27H29Cl2NO5S. The first-order valence-electron chi connectivity index (χ1n) is 11.1. The van der Waals surface area contributed by atoms with Gasteiger partial charge in [-0.05, 0) is 73.4 Å². The molecule has 3 aromatic carbocycles. The normalized spacial score (nSPS) is 13.2. The van der Waals surface area contributed by atoms with E-state index in [-0.39, 0.29) is 28.2 Å². The lowest BCUT2D eigenvalue weighted by Gasteiger charge is -2.18. The Morgan fingerprint density at radius 3 is 2.42 bits per heavy atom. The lowest BCUT2D eigenvalue weighted by atomic mass is 10.1. The van der Waals surface area contributed by atoms with E-state index in [1.165, 1.54) is 12.1 Å². The molecule has 3 rings (SSSR count). The summed E-state index contributed by atoms with van der Waals surface area (Å²) in [5.74, 6) is -1.15. The number of carbonyl (C=O) groups is 1. The molecule has 6 nitrogen and oxygen atoms in total. The van der Waals surface area contributed by atoms with E-state index in [1.807, 2.05) is 19.9 Å². The molecule has 0 spiro atoms. The van der Waals surface area contributed by atoms with E-state index in [4.69, 9.17) is 16.7 Å². The van der Waals surface area contributed by atoms with Gasteiger partial charge in [-0.1, -0.05) is 53.6 Å². The number of hydrogen-bond donors (Lipinski definition) is 3. The van der Waals surface area contributed by atoms with Crippen LogP contribution in [0.25, 0.3) is 6.08 Å². The first-order valence-corrected chi connectivity index (χ1v) is 12.9. The van der Waals surface area contributed by atoms with Crippen LogP contribution in [0.2, 0.25) is 5.02 Å². The van der Waals surface area contributed by atoms with Gasteiger partial charge in [-0.15, -0.1) is 12.4 Å². The van der Waals surface area contributed by atoms with Crippen molar-refractivity contribution >= 4 is 45.9 Å². The van der Waals surface area contributed by atoms with Crippen LogP contribution in [-0.2, 0) is 21.1 Å². The Balaban J connectivity index is 0.00000456. The maximum Gasteiger partial charge on any atom is 0.328 e. The average molecular weight is 551 g/mol. The van der Waals surface area contributed by atoms with Crippen molar-refractivity contribution in [1.82, 2.24) is 5.32 Å². The van der Waals surface area contributed by atoms with Gasteiger partial charge in [0, 0.05) is 23.7 Å². The van der Waals surface area contributed by atoms with Crippen LogP contribution in [0.4, 0.5) is 0 Å². The van der Waals surface area contributed by atoms with Crippen LogP contribution in [0.15, 0.2) is 82.6 Å². The zero-order valence-corrected chi connectivity index (χ0v) is 22.3. The summed E-state index contributed by atoms with van der Waals surface area (Å²) in [4.78, 5) is 11.1. The predicted octanol–water partition coefficient (Wildman–Crippen LogP) is 5.26. The first kappa shape index (κ1) is 29.5. The van der Waals surface area contributed by atoms with Crippen LogP contribution >= 0.6 is 24.0 Å². The molecule has 0 aromatic heterocycles. The quantitative estimate of drug-likeness (QED) is 0.298. The molecule has 3 aromatic rings. The van der Waals surface area contributed by atoms with Crippen molar-refractivity contribution in [1.29, 1.82) is 0 Å². The average Bonchev–Trinajstić information content (AvgIpc) is 2.81. The van der Waals surface area contributed by atoms with Crippen LogP contribution in [0, 0.1) is 6.92 Å². The Bertz CT molecular complexity index is 1320. The minimum Gasteiger partial charge on any atom is -0.478 e. The molecule has 0 radical (unpaired) electrons. The summed E-state index contributed by atoms with van der Waals surface area (Å²) < 4.78 is 26.5. The number of nitrogens with one attached hydrogen (secondary N) is 1. The van der Waals surface area contributed by atoms with E-state index in [2.05, 4.69) is 5.32 Å². The number of rotatable bonds is 10. The summed E-state index contributed by atoms with van der Waals surface area (Å²) in [7, 11) is -3.84. The fourth-order valence-corrected chi connectivity index (χ4v) is 5.34. The maximum atomic E-state index is 13.2. The topological polar surface area (TPSA) is 104 Å². The number of aliphatic carboxylic acids is 1. The molecular weight excluding hydrogens is 521 g/mol. The highest BCUT2D eigenvalue weighted by Crippen LogP contribution is 2.26. The van der Waals surface area contributed by atoms with E-state index in [0.717, 1.165) is 22.8 Å². The predicted molar refractivity (Wildman–Crippen MR) is 145 cm³/mol. The Hall–Kier alpha value is -2.68. The summed E-state index contributed by atoms with van der Waals surface area (Å²) in [6.45, 7) is 4.16. The summed E-state index contributed by atoms with van der Waals surface area (Å²) in [6, 6.07) is 18.6. The number of halogens is 2. The molecule has 3 N–H and O–H groups in total. The van der Waals surface area contributed by atoms with Crippen LogP contribution < -0.4 is 5.32 Å². The van der Waals surface area contributed by atoms with Crippen LogP contribution in [0.3, 0.4) is 0 Å². The van der Waals surface area contributed by atoms with E-state index in [9.17, 15) is 18.3 Å². The van der Waals surface area contributed by atoms with Crippen molar-refractivity contribution in [2.24, 2.45) is 0 Å². The molecule has 2 atom stereocenters. The standard InChI is InChI=1S/C27H28ClNO5S.ClH/c1-18-6-12-26(22(14-18)9-13-27(31)32)35(33,34)24-10-7-20(8-11-24)15-19(2)29-17-25(30)21-4-3-5-23(28)16-21;/h3-14,16,19,25,29-30H,15,17H2,1-2H3,(H,31,32);1H/b13-9+;/t19-,25+;/m1./s1. The Labute approximate surface area is 223 Å². The van der Waals surface area contributed by atoms with Crippen molar-refractivity contribution in [2.45, 2.75) is 42.2 Å². The minimum atomic E-state index is -3.84. The number of benzene rings is 3. The molecule has 9 heteroatoms. The van der Waals surface area contributed by atoms with E-state index < -0.39 is 21.9 Å². The zero-order chi connectivity index (χ0) is 25.6. The third-order valence-electron chi connectivity index (χ3n) is 5.53. The van der Waals surface area contributed by atoms with Gasteiger partial charge in [-0.3, -0.25) is 0 Å². The molecule has 192 valence electrons. The lowest BCUT2D eigenvalue weighted by Crippen LogP contribution is -2.32. The summed E-state index contributed by atoms with van der Waals surface area (Å²) >= 11 is 5.99. The van der Waals surface area contributed by atoms with E-state index in [0.29, 0.717) is 23.6 Å². The third kappa shape index (κ3) is 7.91. The minimum absolute atomic E-state index is 0. The molecule has 0 fully saturated rings. The maximum absolute atomic E-state index is 13.2. The Morgan fingerprint density at radius 2 is 1.78 bits per heavy atom. The van der Waals surface area contributed by atoms with E-state index >= 15 is 0 Å². The molecule has 0 unspecified atom stereocenters. The highest BCUT2D eigenvalue weighted by atomic mass is 35.5. The second kappa shape index (κ2) is 13.0. The highest BCUT2D eigenvalue weighted by molar-refractivity contribution is 7.91. The Morgan fingerprint density at radius 1 is 1.08 bits per heavy atom. The number of aryl methyl sites for hydroxylation is 1. The van der Waals surface area contributed by atoms with Crippen molar-refractivity contribution in [2.75, 3.05) is 6.54 Å². The van der Waals surface area contributed by atoms with Gasteiger partial charge in [0.25, 0.3) is 0 Å². The number of carboxylic acids is 1. The van der Waals surface area contributed by atoms with Crippen molar-refractivity contribution in [3.8, 4) is 0 Å². The van der Waals surface area contributed by atoms with Gasteiger partial charge in [-0.2, -0.15) is 0 Å². The molecule has 0 saturated heterocycles. The summed E-state index contributed by atoms with van der Waals surface area (Å²) in [6.07, 6.45) is 2.17. The summed E-state index contributed by atoms with van der Waals surface area (Å²) in [5, 5.41) is 23.2. The molecule has 0 heterocycles. The molecule has 0 aliphatic rings. The number of carboxylic acid groups (broad SMARTS) is 1. The van der Waals surface area contributed by atoms with Crippen LogP contribution in [-0.4, -0.2) is 37.2 Å². The van der Waals surface area contributed by atoms with Crippen LogP contribution in [0.1, 0.15) is 35.3 Å². The van der Waals surface area contributed by atoms with Gasteiger partial charge in [0.05, 0.1) is 15.9 Å². The molecule has 0 aliphatic heterocycles. The molecule has 36 heavy (non-hydrogen) atoms. The number of aliphatic hydroxyl groups is 1. The zero-order valence-electron chi connectivity index (χ0n) is 19.9. The van der Waals surface area contributed by atoms with Gasteiger partial charge in [-0.25, -0.2) is 13.2 Å². The largest absolute Gasteiger partial charge is 0.478 e. The second-order valence-corrected chi connectivity index (χ2v) is 10.8. The molecule has 0 bridgehead atoms. The molecule has 0 amide bonds. The van der Waals surface area contributed by atoms with Crippen molar-refractivity contribution < 1.29 is 23.4 Å². The highest BCUT2D eigenvalue weighted by Gasteiger charge is 2.21. The third-order valence-corrected chi connectivity index (χ3v) is 7.61. The number of aliphatic hydroxyl groups excluding tert-OH is 1. The van der Waals surface area contributed by atoms with Gasteiger partial charge >= 0.3 is 5.97 Å². The smallest absolute Gasteiger partial charge is 0.328 e. The lowest BCUT2D eigenvalue weighted by molar-refractivity contribution is -0.131. The SMILES string of the molecule is Cc1ccc(S(=O)(=O)c2ccc(C[C@@H](C)NC[C@H](O)c3cccc(Cl)c3)cc2)c(/C=C/C(=O)O)c1.Cl.